The number of aliphatic hydroxyl groups excluding tert-OH is 2. The van der Waals surface area contributed by atoms with Gasteiger partial charge in [0.1, 0.15) is 18.2 Å². The Morgan fingerprint density at radius 3 is 2.15 bits per heavy atom. The van der Waals surface area contributed by atoms with Gasteiger partial charge in [0.25, 0.3) is 0 Å². The molecule has 1 saturated heterocycles. The lowest BCUT2D eigenvalue weighted by atomic mass is 9.77. The van der Waals surface area contributed by atoms with E-state index in [9.17, 15) is 10.2 Å². The van der Waals surface area contributed by atoms with E-state index < -0.39 is 11.2 Å². The predicted molar refractivity (Wildman–Crippen MR) is 192 cm³/mol. The molecule has 0 amide bonds. The van der Waals surface area contributed by atoms with Crippen LogP contribution in [-0.4, -0.2) is 49.0 Å². The van der Waals surface area contributed by atoms with Crippen molar-refractivity contribution in [3.05, 3.63) is 77.1 Å². The van der Waals surface area contributed by atoms with Crippen molar-refractivity contribution in [1.82, 2.24) is 0 Å². The van der Waals surface area contributed by atoms with Crippen molar-refractivity contribution in [2.24, 2.45) is 11.3 Å². The van der Waals surface area contributed by atoms with Gasteiger partial charge in [-0.05, 0) is 122 Å². The molecule has 5 nitrogen and oxygen atoms in total. The summed E-state index contributed by atoms with van der Waals surface area (Å²) in [6.07, 6.45) is 12.5. The number of hydrogen-bond donors (Lipinski definition) is 2. The third-order valence-electron chi connectivity index (χ3n) is 10.6. The maximum atomic E-state index is 16.0. The number of ether oxygens (including phenoxy) is 3. The van der Waals surface area contributed by atoms with Crippen LogP contribution in [0.4, 0.5) is 4.39 Å². The number of rotatable bonds is 15. The second-order valence-corrected chi connectivity index (χ2v) is 14.8. The molecule has 0 aromatic heterocycles. The van der Waals surface area contributed by atoms with Crippen molar-refractivity contribution in [3.8, 4) is 28.0 Å². The smallest absolute Gasteiger partial charge is 0.162 e. The largest absolute Gasteiger partial charge is 0.492 e. The zero-order chi connectivity index (χ0) is 34.1. The summed E-state index contributed by atoms with van der Waals surface area (Å²) < 4.78 is 34.0. The van der Waals surface area contributed by atoms with E-state index in [0.29, 0.717) is 49.7 Å². The second kappa shape index (κ2) is 16.8. The molecular weight excluding hydrogens is 603 g/mol. The van der Waals surface area contributed by atoms with E-state index in [1.165, 1.54) is 56.9 Å². The van der Waals surface area contributed by atoms with Crippen LogP contribution in [0.3, 0.4) is 0 Å². The number of aryl methyl sites for hydroxylation is 2. The lowest BCUT2D eigenvalue weighted by molar-refractivity contribution is -0.293. The number of aliphatic hydroxyl groups is 2. The first-order valence-corrected chi connectivity index (χ1v) is 18.4. The van der Waals surface area contributed by atoms with Gasteiger partial charge in [-0.1, -0.05) is 75.9 Å². The minimum absolute atomic E-state index is 0.0454. The SMILES string of the molecule is CCCCCC1CCC(c2ccc(-c3ccc(-c4cc(CCCO)c(OCC5(CO)COC(C)(C)OC5)cc4CC)c(F)c3)cc2)CC1. The van der Waals surface area contributed by atoms with E-state index in [0.717, 1.165) is 33.7 Å². The highest BCUT2D eigenvalue weighted by Gasteiger charge is 2.41. The number of benzene rings is 3. The van der Waals surface area contributed by atoms with Gasteiger partial charge in [0, 0.05) is 12.2 Å². The summed E-state index contributed by atoms with van der Waals surface area (Å²) >= 11 is 0. The maximum absolute atomic E-state index is 16.0. The predicted octanol–water partition coefficient (Wildman–Crippen LogP) is 9.64. The first kappa shape index (κ1) is 36.5. The topological polar surface area (TPSA) is 68.2 Å². The van der Waals surface area contributed by atoms with E-state index in [2.05, 4.69) is 38.1 Å². The monoisotopic (exact) mass is 660 g/mol. The Balaban J connectivity index is 1.31. The van der Waals surface area contributed by atoms with Crippen molar-refractivity contribution in [3.63, 3.8) is 0 Å². The molecule has 3 aromatic carbocycles. The summed E-state index contributed by atoms with van der Waals surface area (Å²) in [5.41, 5.74) is 5.90. The van der Waals surface area contributed by atoms with Crippen LogP contribution in [0.2, 0.25) is 0 Å². The number of halogens is 1. The van der Waals surface area contributed by atoms with Crippen molar-refractivity contribution < 1.29 is 28.8 Å². The Morgan fingerprint density at radius 2 is 1.52 bits per heavy atom. The van der Waals surface area contributed by atoms with Crippen LogP contribution in [0, 0.1) is 17.2 Å². The quantitative estimate of drug-likeness (QED) is 0.159. The van der Waals surface area contributed by atoms with Gasteiger partial charge in [-0.15, -0.1) is 0 Å². The van der Waals surface area contributed by atoms with Gasteiger partial charge in [-0.2, -0.15) is 0 Å². The molecule has 262 valence electrons. The molecule has 0 unspecified atom stereocenters. The molecule has 0 radical (unpaired) electrons. The Kier molecular flexibility index (Phi) is 12.7. The Morgan fingerprint density at radius 1 is 0.812 bits per heavy atom. The third kappa shape index (κ3) is 9.06. The zero-order valence-electron chi connectivity index (χ0n) is 29.7. The summed E-state index contributed by atoms with van der Waals surface area (Å²) in [7, 11) is 0. The summed E-state index contributed by atoms with van der Waals surface area (Å²) in [6.45, 7) is 8.83. The van der Waals surface area contributed by atoms with Crippen LogP contribution in [0.15, 0.2) is 54.6 Å². The van der Waals surface area contributed by atoms with Crippen LogP contribution < -0.4 is 4.74 Å². The molecule has 5 rings (SSSR count). The van der Waals surface area contributed by atoms with Crippen molar-refractivity contribution >= 4 is 0 Å². The summed E-state index contributed by atoms with van der Waals surface area (Å²) in [6, 6.07) is 18.4. The van der Waals surface area contributed by atoms with Crippen LogP contribution in [0.25, 0.3) is 22.3 Å². The van der Waals surface area contributed by atoms with E-state index in [1.807, 2.05) is 38.1 Å². The Labute approximate surface area is 287 Å². The summed E-state index contributed by atoms with van der Waals surface area (Å²) in [5, 5.41) is 19.8. The molecule has 1 saturated carbocycles. The number of hydrogen-bond acceptors (Lipinski definition) is 5. The molecule has 2 aliphatic rings. The average Bonchev–Trinajstić information content (AvgIpc) is 3.11. The van der Waals surface area contributed by atoms with Crippen molar-refractivity contribution in [2.45, 2.75) is 110 Å². The van der Waals surface area contributed by atoms with Gasteiger partial charge >= 0.3 is 0 Å². The van der Waals surface area contributed by atoms with Gasteiger partial charge in [0.15, 0.2) is 5.79 Å². The normalized spacial score (nSPS) is 20.5. The van der Waals surface area contributed by atoms with Gasteiger partial charge in [-0.3, -0.25) is 0 Å². The lowest BCUT2D eigenvalue weighted by Gasteiger charge is -2.42. The lowest BCUT2D eigenvalue weighted by Crippen LogP contribution is -2.51. The fourth-order valence-corrected chi connectivity index (χ4v) is 7.33. The van der Waals surface area contributed by atoms with Crippen molar-refractivity contribution in [1.29, 1.82) is 0 Å². The molecule has 1 aliphatic heterocycles. The minimum Gasteiger partial charge on any atom is -0.492 e. The Bertz CT molecular complexity index is 1450. The highest BCUT2D eigenvalue weighted by Crippen LogP contribution is 2.40. The van der Waals surface area contributed by atoms with Gasteiger partial charge in [-0.25, -0.2) is 4.39 Å². The molecule has 2 fully saturated rings. The first-order chi connectivity index (χ1) is 23.2. The van der Waals surface area contributed by atoms with Gasteiger partial charge in [0.05, 0.1) is 25.2 Å². The minimum atomic E-state index is -0.697. The van der Waals surface area contributed by atoms with Crippen molar-refractivity contribution in [2.75, 3.05) is 33.0 Å². The van der Waals surface area contributed by atoms with E-state index in [4.69, 9.17) is 14.2 Å². The van der Waals surface area contributed by atoms with Crippen LogP contribution in [0.5, 0.6) is 5.75 Å². The molecule has 3 aromatic rings. The fourth-order valence-electron chi connectivity index (χ4n) is 7.33. The molecule has 0 spiro atoms. The maximum Gasteiger partial charge on any atom is 0.162 e. The molecule has 0 atom stereocenters. The molecule has 0 bridgehead atoms. The molecular formula is C42H57FO5. The van der Waals surface area contributed by atoms with Crippen LogP contribution >= 0.6 is 0 Å². The van der Waals surface area contributed by atoms with Gasteiger partial charge in [0.2, 0.25) is 0 Å². The first-order valence-electron chi connectivity index (χ1n) is 18.4. The summed E-state index contributed by atoms with van der Waals surface area (Å²) in [5.74, 6) is 1.26. The van der Waals surface area contributed by atoms with E-state index in [1.54, 1.807) is 6.07 Å². The zero-order valence-corrected chi connectivity index (χ0v) is 29.7. The Hall–Kier alpha value is -2.77. The van der Waals surface area contributed by atoms with E-state index >= 15 is 4.39 Å². The summed E-state index contributed by atoms with van der Waals surface area (Å²) in [4.78, 5) is 0. The molecule has 1 heterocycles. The highest BCUT2D eigenvalue weighted by atomic mass is 19.1. The molecule has 2 N–H and O–H groups in total. The average molecular weight is 661 g/mol. The van der Waals surface area contributed by atoms with Gasteiger partial charge < -0.3 is 24.4 Å². The highest BCUT2D eigenvalue weighted by molar-refractivity contribution is 5.74. The van der Waals surface area contributed by atoms with Crippen LogP contribution in [-0.2, 0) is 22.3 Å². The standard InChI is InChI=1S/C42H57FO5/c1-5-7-8-10-30-12-14-32(15-13-30)33-16-18-34(19-17-33)35-20-21-37(39(43)24-35)38-23-36(11-9-22-44)40(25-31(38)6-2)46-27-42(26-45)28-47-41(3,4)48-29-42/h16-21,23-25,30,32,44-45H,5-15,22,26-29H2,1-4H3. The molecule has 1 aliphatic carbocycles. The van der Waals surface area contributed by atoms with E-state index in [-0.39, 0.29) is 25.6 Å². The fraction of sp³-hybridized carbons (Fsp3) is 0.571. The third-order valence-corrected chi connectivity index (χ3v) is 10.6. The van der Waals surface area contributed by atoms with Crippen LogP contribution in [0.1, 0.15) is 108 Å². The second-order valence-electron chi connectivity index (χ2n) is 14.8. The molecule has 6 heteroatoms. The number of unbranched alkanes of at least 4 members (excludes halogenated alkanes) is 2. The molecule has 48 heavy (non-hydrogen) atoms.